The molecule has 2 fully saturated rings. The lowest BCUT2D eigenvalue weighted by Gasteiger charge is -2.30. The molecule has 5 atom stereocenters. The monoisotopic (exact) mass is 370 g/mol. The smallest absolute Gasteiger partial charge is 0.250 e. The number of hydrogen-bond donors (Lipinski definition) is 3. The van der Waals surface area contributed by atoms with E-state index in [-0.39, 0.29) is 30.2 Å². The summed E-state index contributed by atoms with van der Waals surface area (Å²) >= 11 is 0. The molecule has 0 radical (unpaired) electrons. The van der Waals surface area contributed by atoms with Crippen molar-refractivity contribution in [1.29, 1.82) is 0 Å². The van der Waals surface area contributed by atoms with E-state index in [1.807, 2.05) is 13.8 Å². The van der Waals surface area contributed by atoms with Gasteiger partial charge in [0.1, 0.15) is 5.54 Å². The summed E-state index contributed by atoms with van der Waals surface area (Å²) in [6.45, 7) is 3.70. The summed E-state index contributed by atoms with van der Waals surface area (Å²) in [6, 6.07) is 6.16. The number of nitrogens with two attached hydrogens (primary N) is 1. The summed E-state index contributed by atoms with van der Waals surface area (Å²) in [7, 11) is 0. The van der Waals surface area contributed by atoms with Crippen LogP contribution in [0.25, 0.3) is 0 Å². The summed E-state index contributed by atoms with van der Waals surface area (Å²) < 4.78 is 0. The molecule has 3 aliphatic heterocycles. The van der Waals surface area contributed by atoms with Crippen molar-refractivity contribution in [2.75, 3.05) is 5.32 Å². The number of amides is 4. The van der Waals surface area contributed by atoms with Crippen molar-refractivity contribution in [3.05, 3.63) is 29.8 Å². The molecule has 0 saturated carbocycles. The summed E-state index contributed by atoms with van der Waals surface area (Å²) in [4.78, 5) is 52.4. The van der Waals surface area contributed by atoms with E-state index in [1.165, 1.54) is 4.90 Å². The number of nitrogens with zero attached hydrogens (tertiary/aromatic N) is 1. The Bertz CT molecular complexity index is 869. The van der Waals surface area contributed by atoms with Gasteiger partial charge in [0.25, 0.3) is 0 Å². The van der Waals surface area contributed by atoms with Crippen LogP contribution in [0.15, 0.2) is 24.3 Å². The first-order valence-electron chi connectivity index (χ1n) is 9.16. The van der Waals surface area contributed by atoms with Gasteiger partial charge in [0.15, 0.2) is 0 Å². The Morgan fingerprint density at radius 2 is 1.96 bits per heavy atom. The van der Waals surface area contributed by atoms with Crippen molar-refractivity contribution in [1.82, 2.24) is 10.2 Å². The molecule has 4 N–H and O–H groups in total. The van der Waals surface area contributed by atoms with Gasteiger partial charge in [-0.1, -0.05) is 25.1 Å². The fourth-order valence-electron chi connectivity index (χ4n) is 4.79. The Kier molecular flexibility index (Phi) is 3.85. The van der Waals surface area contributed by atoms with E-state index < -0.39 is 29.3 Å². The van der Waals surface area contributed by atoms with Crippen LogP contribution in [-0.4, -0.2) is 40.6 Å². The normalized spacial score (nSPS) is 32.6. The van der Waals surface area contributed by atoms with Gasteiger partial charge >= 0.3 is 0 Å². The number of carbonyl (C=O) groups is 4. The number of benzene rings is 1. The molecule has 4 amide bonds. The first-order chi connectivity index (χ1) is 12.8. The Morgan fingerprint density at radius 1 is 1.26 bits per heavy atom. The van der Waals surface area contributed by atoms with Gasteiger partial charge < -0.3 is 11.1 Å². The molecule has 0 bridgehead atoms. The van der Waals surface area contributed by atoms with Crippen LogP contribution in [-0.2, 0) is 24.7 Å². The third-order valence-corrected chi connectivity index (χ3v) is 6.11. The zero-order chi connectivity index (χ0) is 19.5. The van der Waals surface area contributed by atoms with Gasteiger partial charge in [-0.2, -0.15) is 0 Å². The number of primary amides is 1. The van der Waals surface area contributed by atoms with Crippen LogP contribution in [0.3, 0.4) is 0 Å². The van der Waals surface area contributed by atoms with Crippen molar-refractivity contribution < 1.29 is 19.2 Å². The van der Waals surface area contributed by atoms with Crippen molar-refractivity contribution in [3.8, 4) is 0 Å². The van der Waals surface area contributed by atoms with Gasteiger partial charge in [0.05, 0.1) is 11.8 Å². The number of carbonyl (C=O) groups excluding carboxylic acids is 4. The number of fused-ring (bicyclic) bond motifs is 4. The van der Waals surface area contributed by atoms with Crippen LogP contribution in [0.4, 0.5) is 5.69 Å². The molecule has 0 aromatic heterocycles. The number of likely N-dealkylation sites (tertiary alicyclic amines) is 1. The predicted octanol–water partition coefficient (Wildman–Crippen LogP) is 0.0809. The fraction of sp³-hybridized carbons (Fsp3) is 0.474. The second kappa shape index (κ2) is 5.88. The van der Waals surface area contributed by atoms with E-state index in [2.05, 4.69) is 10.6 Å². The molecule has 8 heteroatoms. The summed E-state index contributed by atoms with van der Waals surface area (Å²) in [5.74, 6) is -3.37. The van der Waals surface area contributed by atoms with E-state index in [4.69, 9.17) is 5.73 Å². The van der Waals surface area contributed by atoms with E-state index in [9.17, 15) is 19.2 Å². The van der Waals surface area contributed by atoms with Crippen LogP contribution >= 0.6 is 0 Å². The number of rotatable bonds is 4. The molecule has 1 aromatic rings. The molecule has 1 spiro atoms. The molecule has 27 heavy (non-hydrogen) atoms. The minimum atomic E-state index is -1.36. The number of imide groups is 1. The highest BCUT2D eigenvalue weighted by Gasteiger charge is 2.70. The Balaban J connectivity index is 1.88. The molecule has 0 unspecified atom stereocenters. The molecule has 4 rings (SSSR count). The van der Waals surface area contributed by atoms with Crippen LogP contribution < -0.4 is 16.4 Å². The average molecular weight is 370 g/mol. The average Bonchev–Trinajstić information content (AvgIpc) is 3.19. The van der Waals surface area contributed by atoms with Crippen molar-refractivity contribution in [2.45, 2.75) is 44.3 Å². The maximum atomic E-state index is 13.3. The van der Waals surface area contributed by atoms with E-state index in [1.54, 1.807) is 24.3 Å². The highest BCUT2D eigenvalue weighted by atomic mass is 16.2. The molecule has 1 aromatic carbocycles. The molecule has 3 aliphatic rings. The van der Waals surface area contributed by atoms with Gasteiger partial charge in [-0.15, -0.1) is 0 Å². The molecule has 2 saturated heterocycles. The van der Waals surface area contributed by atoms with Gasteiger partial charge in [-0.25, -0.2) is 0 Å². The van der Waals surface area contributed by atoms with Crippen molar-refractivity contribution in [3.63, 3.8) is 0 Å². The Hall–Kier alpha value is -2.74. The molecular weight excluding hydrogens is 348 g/mol. The zero-order valence-electron chi connectivity index (χ0n) is 15.2. The topological polar surface area (TPSA) is 122 Å². The third-order valence-electron chi connectivity index (χ3n) is 6.11. The van der Waals surface area contributed by atoms with Gasteiger partial charge in [-0.05, 0) is 19.4 Å². The Morgan fingerprint density at radius 3 is 2.63 bits per heavy atom. The number of nitrogens with one attached hydrogen (secondary N) is 2. The first-order valence-corrected chi connectivity index (χ1v) is 9.16. The maximum Gasteiger partial charge on any atom is 0.250 e. The van der Waals surface area contributed by atoms with E-state index in [0.29, 0.717) is 17.7 Å². The summed E-state index contributed by atoms with van der Waals surface area (Å²) in [6.07, 6.45) is 0.492. The fourth-order valence-corrected chi connectivity index (χ4v) is 4.79. The van der Waals surface area contributed by atoms with Gasteiger partial charge in [0.2, 0.25) is 23.6 Å². The standard InChI is InChI=1S/C19H22N4O4/c1-3-9(2)23-16(25)14-12(8-13(20)24)22-19(15(14)17(23)26)10-6-4-5-7-11(10)21-18(19)27/h4-7,9,12,14-15,22H,3,8H2,1-2H3,(H2,20,24)(H,21,27)/t9-,12-,14+,15-,19-/m0/s1. The number of para-hydroxylation sites is 1. The summed E-state index contributed by atoms with van der Waals surface area (Å²) in [5.41, 5.74) is 5.25. The minimum Gasteiger partial charge on any atom is -0.370 e. The largest absolute Gasteiger partial charge is 0.370 e. The van der Waals surface area contributed by atoms with E-state index in [0.717, 1.165) is 0 Å². The highest BCUT2D eigenvalue weighted by Crippen LogP contribution is 2.53. The SMILES string of the molecule is CC[C@H](C)N1C(=O)[C@@H]2[C@H](CC(N)=O)N[C@]3(C(=O)Nc4ccccc43)[C@@H]2C1=O. The molecular formula is C19H22N4O4. The molecule has 8 nitrogen and oxygen atoms in total. The van der Waals surface area contributed by atoms with Crippen LogP contribution in [0.1, 0.15) is 32.3 Å². The minimum absolute atomic E-state index is 0.119. The quantitative estimate of drug-likeness (QED) is 0.648. The van der Waals surface area contributed by atoms with Gasteiger partial charge in [0, 0.05) is 29.8 Å². The second-order valence-corrected chi connectivity index (χ2v) is 7.54. The lowest BCUT2D eigenvalue weighted by molar-refractivity contribution is -0.145. The van der Waals surface area contributed by atoms with E-state index >= 15 is 0 Å². The maximum absolute atomic E-state index is 13.3. The van der Waals surface area contributed by atoms with Gasteiger partial charge in [-0.3, -0.25) is 29.4 Å². The highest BCUT2D eigenvalue weighted by molar-refractivity contribution is 6.15. The predicted molar refractivity (Wildman–Crippen MR) is 96.1 cm³/mol. The molecule has 3 heterocycles. The van der Waals surface area contributed by atoms with Crippen molar-refractivity contribution in [2.24, 2.45) is 17.6 Å². The summed E-state index contributed by atoms with van der Waals surface area (Å²) in [5, 5.41) is 5.97. The lowest BCUT2D eigenvalue weighted by Crippen LogP contribution is -2.54. The zero-order valence-corrected chi connectivity index (χ0v) is 15.2. The lowest BCUT2D eigenvalue weighted by atomic mass is 9.76. The van der Waals surface area contributed by atoms with Crippen LogP contribution in [0, 0.1) is 11.8 Å². The van der Waals surface area contributed by atoms with Crippen molar-refractivity contribution >= 4 is 29.3 Å². The van der Waals surface area contributed by atoms with Crippen LogP contribution in [0.2, 0.25) is 0 Å². The first kappa shape index (κ1) is 17.7. The Labute approximate surface area is 156 Å². The molecule has 0 aliphatic carbocycles. The number of anilines is 1. The third kappa shape index (κ3) is 2.19. The molecule has 142 valence electrons. The number of hydrogen-bond acceptors (Lipinski definition) is 5. The van der Waals surface area contributed by atoms with Crippen LogP contribution in [0.5, 0.6) is 0 Å². The second-order valence-electron chi connectivity index (χ2n) is 7.54.